The highest BCUT2D eigenvalue weighted by molar-refractivity contribution is 5.74. The zero-order valence-corrected chi connectivity index (χ0v) is 15.4. The lowest BCUT2D eigenvalue weighted by Gasteiger charge is -2.12. The van der Waals surface area contributed by atoms with E-state index in [0.29, 0.717) is 6.61 Å². The monoisotopic (exact) mass is 350 g/mol. The number of hydrogen-bond donors (Lipinski definition) is 0. The van der Waals surface area contributed by atoms with E-state index in [1.165, 1.54) is 33.4 Å². The summed E-state index contributed by atoms with van der Waals surface area (Å²) in [5.74, 6) is 0.892. The highest BCUT2D eigenvalue weighted by atomic mass is 16.5. The van der Waals surface area contributed by atoms with Crippen molar-refractivity contribution >= 4 is 0 Å². The van der Waals surface area contributed by atoms with Crippen LogP contribution in [-0.2, 0) is 6.61 Å². The number of rotatable bonds is 5. The zero-order valence-electron chi connectivity index (χ0n) is 15.4. The second-order valence-corrected chi connectivity index (χ2v) is 6.70. The summed E-state index contributed by atoms with van der Waals surface area (Å²) in [6, 6.07) is 35.7. The van der Waals surface area contributed by atoms with E-state index in [1.54, 1.807) is 0 Å². The van der Waals surface area contributed by atoms with Gasteiger partial charge in [0.15, 0.2) is 0 Å². The normalized spacial score (nSPS) is 10.6. The maximum atomic E-state index is 5.99. The van der Waals surface area contributed by atoms with E-state index in [2.05, 4.69) is 79.7 Å². The van der Waals surface area contributed by atoms with E-state index in [4.69, 9.17) is 4.74 Å². The quantitative estimate of drug-likeness (QED) is 0.380. The Morgan fingerprint density at radius 3 is 2.04 bits per heavy atom. The first kappa shape index (κ1) is 17.1. The molecule has 0 bridgehead atoms. The Bertz CT molecular complexity index is 1020. The molecule has 0 aliphatic carbocycles. The van der Waals surface area contributed by atoms with Gasteiger partial charge in [-0.1, -0.05) is 91.0 Å². The van der Waals surface area contributed by atoms with Crippen LogP contribution in [0.2, 0.25) is 0 Å². The van der Waals surface area contributed by atoms with Crippen LogP contribution in [0, 0.1) is 6.92 Å². The van der Waals surface area contributed by atoms with E-state index in [-0.39, 0.29) is 0 Å². The van der Waals surface area contributed by atoms with Crippen LogP contribution in [0.4, 0.5) is 0 Å². The van der Waals surface area contributed by atoms with Gasteiger partial charge in [-0.05, 0) is 52.4 Å². The standard InChI is InChI=1S/C26H22O/c1-20-17-23(22-11-6-3-7-12-22)15-16-26(20)24-13-8-14-25(18-24)27-19-21-9-4-2-5-10-21/h2-18H,19H2,1H3. The molecule has 0 unspecified atom stereocenters. The molecule has 0 amide bonds. The van der Waals surface area contributed by atoms with Crippen LogP contribution < -0.4 is 4.74 Å². The topological polar surface area (TPSA) is 9.23 Å². The molecule has 0 N–H and O–H groups in total. The molecule has 0 aromatic heterocycles. The van der Waals surface area contributed by atoms with Crippen molar-refractivity contribution < 1.29 is 4.74 Å². The summed E-state index contributed by atoms with van der Waals surface area (Å²) in [4.78, 5) is 0. The second kappa shape index (κ2) is 7.92. The van der Waals surface area contributed by atoms with Crippen molar-refractivity contribution in [1.82, 2.24) is 0 Å². The molecule has 4 aromatic rings. The molecule has 0 aliphatic rings. The molecular weight excluding hydrogens is 328 g/mol. The van der Waals surface area contributed by atoms with Crippen LogP contribution in [0.3, 0.4) is 0 Å². The van der Waals surface area contributed by atoms with Crippen molar-refractivity contribution in [3.05, 3.63) is 114 Å². The highest BCUT2D eigenvalue weighted by Crippen LogP contribution is 2.30. The van der Waals surface area contributed by atoms with Gasteiger partial charge in [0.05, 0.1) is 0 Å². The minimum atomic E-state index is 0.580. The fraction of sp³-hybridized carbons (Fsp3) is 0.0769. The van der Waals surface area contributed by atoms with Gasteiger partial charge in [0.2, 0.25) is 0 Å². The molecule has 0 aliphatic heterocycles. The summed E-state index contributed by atoms with van der Waals surface area (Å²) in [6.07, 6.45) is 0. The summed E-state index contributed by atoms with van der Waals surface area (Å²) in [5.41, 5.74) is 7.33. The molecule has 0 heterocycles. The van der Waals surface area contributed by atoms with Crippen molar-refractivity contribution in [2.75, 3.05) is 0 Å². The van der Waals surface area contributed by atoms with Gasteiger partial charge in [0.25, 0.3) is 0 Å². The minimum absolute atomic E-state index is 0.580. The highest BCUT2D eigenvalue weighted by Gasteiger charge is 2.06. The molecular formula is C26H22O. The van der Waals surface area contributed by atoms with E-state index < -0.39 is 0 Å². The Morgan fingerprint density at radius 1 is 0.593 bits per heavy atom. The molecule has 0 spiro atoms. The summed E-state index contributed by atoms with van der Waals surface area (Å²) >= 11 is 0. The average molecular weight is 350 g/mol. The lowest BCUT2D eigenvalue weighted by molar-refractivity contribution is 0.306. The largest absolute Gasteiger partial charge is 0.489 e. The van der Waals surface area contributed by atoms with E-state index in [9.17, 15) is 0 Å². The summed E-state index contributed by atoms with van der Waals surface area (Å²) in [5, 5.41) is 0. The Labute approximate surface area is 160 Å². The molecule has 1 heteroatoms. The first-order valence-electron chi connectivity index (χ1n) is 9.23. The first-order chi connectivity index (χ1) is 13.3. The summed E-state index contributed by atoms with van der Waals surface area (Å²) in [6.45, 7) is 2.75. The van der Waals surface area contributed by atoms with E-state index in [1.807, 2.05) is 30.3 Å². The lowest BCUT2D eigenvalue weighted by atomic mass is 9.96. The molecule has 1 nitrogen and oxygen atoms in total. The fourth-order valence-electron chi connectivity index (χ4n) is 3.29. The van der Waals surface area contributed by atoms with Gasteiger partial charge < -0.3 is 4.74 Å². The van der Waals surface area contributed by atoms with Gasteiger partial charge in [-0.2, -0.15) is 0 Å². The third-order valence-electron chi connectivity index (χ3n) is 4.73. The Hall–Kier alpha value is -3.32. The molecule has 0 saturated heterocycles. The molecule has 132 valence electrons. The van der Waals surface area contributed by atoms with Gasteiger partial charge in [-0.25, -0.2) is 0 Å². The van der Waals surface area contributed by atoms with Gasteiger partial charge in [-0.3, -0.25) is 0 Å². The first-order valence-corrected chi connectivity index (χ1v) is 9.23. The predicted molar refractivity (Wildman–Crippen MR) is 113 cm³/mol. The molecule has 0 atom stereocenters. The Balaban J connectivity index is 1.56. The number of hydrogen-bond acceptors (Lipinski definition) is 1. The van der Waals surface area contributed by atoms with Gasteiger partial charge in [-0.15, -0.1) is 0 Å². The number of ether oxygens (including phenoxy) is 1. The van der Waals surface area contributed by atoms with Crippen molar-refractivity contribution in [1.29, 1.82) is 0 Å². The number of aryl methyl sites for hydroxylation is 1. The molecule has 4 aromatic carbocycles. The van der Waals surface area contributed by atoms with Crippen molar-refractivity contribution in [3.63, 3.8) is 0 Å². The van der Waals surface area contributed by atoms with Crippen LogP contribution in [-0.4, -0.2) is 0 Å². The average Bonchev–Trinajstić information content (AvgIpc) is 2.74. The second-order valence-electron chi connectivity index (χ2n) is 6.70. The van der Waals surface area contributed by atoms with Crippen molar-refractivity contribution in [2.24, 2.45) is 0 Å². The van der Waals surface area contributed by atoms with Crippen LogP contribution in [0.15, 0.2) is 103 Å². The fourth-order valence-corrected chi connectivity index (χ4v) is 3.29. The van der Waals surface area contributed by atoms with E-state index in [0.717, 1.165) is 5.75 Å². The molecule has 4 rings (SSSR count). The van der Waals surface area contributed by atoms with Crippen LogP contribution in [0.5, 0.6) is 5.75 Å². The smallest absolute Gasteiger partial charge is 0.120 e. The predicted octanol–water partition coefficient (Wildman–Crippen LogP) is 6.91. The minimum Gasteiger partial charge on any atom is -0.489 e. The van der Waals surface area contributed by atoms with Crippen LogP contribution in [0.25, 0.3) is 22.3 Å². The summed E-state index contributed by atoms with van der Waals surface area (Å²) in [7, 11) is 0. The molecule has 0 radical (unpaired) electrons. The van der Waals surface area contributed by atoms with E-state index >= 15 is 0 Å². The van der Waals surface area contributed by atoms with Gasteiger partial charge in [0, 0.05) is 0 Å². The van der Waals surface area contributed by atoms with Gasteiger partial charge >= 0.3 is 0 Å². The third kappa shape index (κ3) is 4.09. The molecule has 0 saturated carbocycles. The molecule has 0 fully saturated rings. The lowest BCUT2D eigenvalue weighted by Crippen LogP contribution is -1.95. The SMILES string of the molecule is Cc1cc(-c2ccccc2)ccc1-c1cccc(OCc2ccccc2)c1. The summed E-state index contributed by atoms with van der Waals surface area (Å²) < 4.78 is 5.99. The Kier molecular flexibility index (Phi) is 5.02. The van der Waals surface area contributed by atoms with Crippen LogP contribution in [0.1, 0.15) is 11.1 Å². The zero-order chi connectivity index (χ0) is 18.5. The van der Waals surface area contributed by atoms with Gasteiger partial charge in [0.1, 0.15) is 12.4 Å². The maximum absolute atomic E-state index is 5.99. The maximum Gasteiger partial charge on any atom is 0.120 e. The van der Waals surface area contributed by atoms with Crippen molar-refractivity contribution in [3.8, 4) is 28.0 Å². The third-order valence-corrected chi connectivity index (χ3v) is 4.73. The van der Waals surface area contributed by atoms with Crippen LogP contribution >= 0.6 is 0 Å². The molecule has 27 heavy (non-hydrogen) atoms. The Morgan fingerprint density at radius 2 is 1.30 bits per heavy atom. The van der Waals surface area contributed by atoms with Crippen molar-refractivity contribution in [2.45, 2.75) is 13.5 Å². The number of benzene rings is 4.